The number of ether oxygens (including phenoxy) is 2. The average molecular weight is 325 g/mol. The van der Waals surface area contributed by atoms with Crippen molar-refractivity contribution in [3.8, 4) is 11.5 Å². The van der Waals surface area contributed by atoms with Crippen molar-refractivity contribution in [1.82, 2.24) is 4.98 Å². The van der Waals surface area contributed by atoms with Crippen LogP contribution in [0.1, 0.15) is 25.3 Å². The molecule has 0 unspecified atom stereocenters. The lowest BCUT2D eigenvalue weighted by Crippen LogP contribution is -2.06. The molecule has 5 heteroatoms. The Hall–Kier alpha value is -2.82. The van der Waals surface area contributed by atoms with Crippen molar-refractivity contribution in [2.24, 2.45) is 0 Å². The summed E-state index contributed by atoms with van der Waals surface area (Å²) >= 11 is 0. The van der Waals surface area contributed by atoms with Crippen LogP contribution in [0.2, 0.25) is 0 Å². The first-order chi connectivity index (χ1) is 11.7. The molecule has 3 rings (SSSR count). The minimum absolute atomic E-state index is 0.369. The monoisotopic (exact) mass is 325 g/mol. The molecule has 0 radical (unpaired) electrons. The zero-order valence-corrected chi connectivity index (χ0v) is 13.7. The first-order valence-electron chi connectivity index (χ1n) is 7.98. The molecule has 0 bridgehead atoms. The average Bonchev–Trinajstić information content (AvgIpc) is 2.58. The van der Waals surface area contributed by atoms with E-state index in [0.717, 1.165) is 5.56 Å². The Balaban J connectivity index is 1.93. The Morgan fingerprint density at radius 3 is 2.54 bits per heavy atom. The topological polar surface area (TPSA) is 61.6 Å². The summed E-state index contributed by atoms with van der Waals surface area (Å²) in [7, 11) is 0. The molecule has 0 N–H and O–H groups in total. The van der Waals surface area contributed by atoms with Gasteiger partial charge in [0.05, 0.1) is 24.1 Å². The van der Waals surface area contributed by atoms with Crippen LogP contribution in [0.5, 0.6) is 11.5 Å². The fourth-order valence-electron chi connectivity index (χ4n) is 2.52. The number of hydrogen-bond acceptors (Lipinski definition) is 5. The van der Waals surface area contributed by atoms with Gasteiger partial charge >= 0.3 is 5.63 Å². The quantitative estimate of drug-likeness (QED) is 0.693. The summed E-state index contributed by atoms with van der Waals surface area (Å²) in [5, 5.41) is 0.489. The number of fused-ring (bicyclic) bond motifs is 1. The molecule has 0 fully saturated rings. The van der Waals surface area contributed by atoms with E-state index >= 15 is 0 Å². The molecule has 0 saturated carbocycles. The third-order valence-electron chi connectivity index (χ3n) is 3.54. The van der Waals surface area contributed by atoms with Gasteiger partial charge in [-0.05, 0) is 43.7 Å². The fraction of sp³-hybridized carbons (Fsp3) is 0.263. The molecule has 24 heavy (non-hydrogen) atoms. The number of hydrogen-bond donors (Lipinski definition) is 0. The minimum atomic E-state index is -0.369. The standard InChI is InChI=1S/C19H19NO4/c1-3-22-16-10-9-13(11-17(16)23-4-2)12-18-20-15-8-6-5-7-14(15)19(21)24-18/h5-11H,3-4,12H2,1-2H3. The first kappa shape index (κ1) is 16.1. The largest absolute Gasteiger partial charge is 0.490 e. The van der Waals surface area contributed by atoms with Crippen LogP contribution in [0.15, 0.2) is 51.7 Å². The second-order valence-corrected chi connectivity index (χ2v) is 5.24. The highest BCUT2D eigenvalue weighted by atomic mass is 16.5. The number of aromatic nitrogens is 1. The van der Waals surface area contributed by atoms with E-state index in [2.05, 4.69) is 4.98 Å². The van der Waals surface area contributed by atoms with E-state index in [9.17, 15) is 4.79 Å². The molecule has 1 aromatic heterocycles. The van der Waals surface area contributed by atoms with E-state index in [0.29, 0.717) is 47.9 Å². The summed E-state index contributed by atoms with van der Waals surface area (Å²) < 4.78 is 16.5. The van der Waals surface area contributed by atoms with Crippen LogP contribution in [0.25, 0.3) is 10.9 Å². The second kappa shape index (κ2) is 7.17. The highest BCUT2D eigenvalue weighted by Gasteiger charge is 2.10. The highest BCUT2D eigenvalue weighted by Crippen LogP contribution is 2.29. The van der Waals surface area contributed by atoms with Gasteiger partial charge < -0.3 is 13.9 Å². The third-order valence-corrected chi connectivity index (χ3v) is 3.54. The summed E-state index contributed by atoms with van der Waals surface area (Å²) in [5.74, 6) is 1.77. The van der Waals surface area contributed by atoms with Gasteiger partial charge in [0.1, 0.15) is 0 Å². The van der Waals surface area contributed by atoms with Crippen molar-refractivity contribution in [3.63, 3.8) is 0 Å². The first-order valence-corrected chi connectivity index (χ1v) is 7.98. The van der Waals surface area contributed by atoms with E-state index in [-0.39, 0.29) is 5.63 Å². The minimum Gasteiger partial charge on any atom is -0.490 e. The molecule has 124 valence electrons. The van der Waals surface area contributed by atoms with Gasteiger partial charge in [-0.15, -0.1) is 0 Å². The van der Waals surface area contributed by atoms with Gasteiger partial charge in [-0.25, -0.2) is 9.78 Å². The van der Waals surface area contributed by atoms with Gasteiger partial charge in [-0.1, -0.05) is 18.2 Å². The predicted octanol–water partition coefficient (Wildman–Crippen LogP) is 3.58. The number of nitrogens with zero attached hydrogens (tertiary/aromatic N) is 1. The number of rotatable bonds is 6. The molecule has 2 aromatic carbocycles. The van der Waals surface area contributed by atoms with E-state index < -0.39 is 0 Å². The molecule has 0 saturated heterocycles. The molecule has 0 aliphatic carbocycles. The maximum absolute atomic E-state index is 12.0. The molecule has 0 atom stereocenters. The molecular weight excluding hydrogens is 306 g/mol. The lowest BCUT2D eigenvalue weighted by Gasteiger charge is -2.12. The van der Waals surface area contributed by atoms with Crippen LogP contribution >= 0.6 is 0 Å². The van der Waals surface area contributed by atoms with Crippen molar-refractivity contribution < 1.29 is 13.9 Å². The molecular formula is C19H19NO4. The summed E-state index contributed by atoms with van der Waals surface area (Å²) in [6.45, 7) is 4.97. The zero-order valence-electron chi connectivity index (χ0n) is 13.7. The zero-order chi connectivity index (χ0) is 16.9. The van der Waals surface area contributed by atoms with E-state index in [1.54, 1.807) is 18.2 Å². The Labute approximate surface area is 139 Å². The highest BCUT2D eigenvalue weighted by molar-refractivity contribution is 5.76. The van der Waals surface area contributed by atoms with Gasteiger partial charge in [-0.3, -0.25) is 0 Å². The maximum atomic E-state index is 12.0. The van der Waals surface area contributed by atoms with Crippen LogP contribution in [-0.4, -0.2) is 18.2 Å². The van der Waals surface area contributed by atoms with Gasteiger partial charge in [0.2, 0.25) is 5.89 Å². The fourth-order valence-corrected chi connectivity index (χ4v) is 2.52. The maximum Gasteiger partial charge on any atom is 0.346 e. The lowest BCUT2D eigenvalue weighted by atomic mass is 10.1. The van der Waals surface area contributed by atoms with Crippen molar-refractivity contribution in [2.75, 3.05) is 13.2 Å². The van der Waals surface area contributed by atoms with E-state index in [4.69, 9.17) is 13.9 Å². The smallest absolute Gasteiger partial charge is 0.346 e. The number of para-hydroxylation sites is 1. The Morgan fingerprint density at radius 2 is 1.75 bits per heavy atom. The lowest BCUT2D eigenvalue weighted by molar-refractivity contribution is 0.287. The summed E-state index contributed by atoms with van der Waals surface area (Å²) in [6, 6.07) is 12.8. The van der Waals surface area contributed by atoms with Gasteiger partial charge in [-0.2, -0.15) is 0 Å². The third kappa shape index (κ3) is 3.40. The van der Waals surface area contributed by atoms with Crippen molar-refractivity contribution in [2.45, 2.75) is 20.3 Å². The van der Waals surface area contributed by atoms with Crippen molar-refractivity contribution >= 4 is 10.9 Å². The number of benzene rings is 2. The summed E-state index contributed by atoms with van der Waals surface area (Å²) in [6.07, 6.45) is 0.409. The Kier molecular flexibility index (Phi) is 4.79. The molecule has 1 heterocycles. The molecule has 0 aliphatic heterocycles. The molecule has 5 nitrogen and oxygen atoms in total. The van der Waals surface area contributed by atoms with Crippen LogP contribution in [-0.2, 0) is 6.42 Å². The van der Waals surface area contributed by atoms with Crippen LogP contribution in [0.3, 0.4) is 0 Å². The van der Waals surface area contributed by atoms with Crippen molar-refractivity contribution in [1.29, 1.82) is 0 Å². The van der Waals surface area contributed by atoms with Gasteiger partial charge in [0.15, 0.2) is 11.5 Å². The Morgan fingerprint density at radius 1 is 1.00 bits per heavy atom. The molecule has 0 spiro atoms. The normalized spacial score (nSPS) is 10.8. The van der Waals surface area contributed by atoms with Gasteiger partial charge in [0, 0.05) is 6.42 Å². The van der Waals surface area contributed by atoms with Crippen molar-refractivity contribution in [3.05, 3.63) is 64.3 Å². The Bertz CT molecular complexity index is 901. The molecule has 0 aliphatic rings. The van der Waals surface area contributed by atoms with Crippen LogP contribution in [0, 0.1) is 0 Å². The van der Waals surface area contributed by atoms with Crippen LogP contribution < -0.4 is 15.1 Å². The van der Waals surface area contributed by atoms with E-state index in [1.807, 2.05) is 38.1 Å². The second-order valence-electron chi connectivity index (χ2n) is 5.24. The van der Waals surface area contributed by atoms with Gasteiger partial charge in [0.25, 0.3) is 0 Å². The molecule has 0 amide bonds. The molecule has 3 aromatic rings. The SMILES string of the molecule is CCOc1ccc(Cc2nc3ccccc3c(=O)o2)cc1OCC. The van der Waals surface area contributed by atoms with Crippen LogP contribution in [0.4, 0.5) is 0 Å². The predicted molar refractivity (Wildman–Crippen MR) is 91.9 cm³/mol. The summed E-state index contributed by atoms with van der Waals surface area (Å²) in [5.41, 5.74) is 1.21. The van der Waals surface area contributed by atoms with E-state index in [1.165, 1.54) is 0 Å². The summed E-state index contributed by atoms with van der Waals surface area (Å²) in [4.78, 5) is 16.5.